The SMILES string of the molecule is Cc1nn(C)c(CC(=O)CNCC2CC2)c1Br. The molecule has 0 bridgehead atoms. The Morgan fingerprint density at radius 3 is 2.82 bits per heavy atom. The molecule has 0 atom stereocenters. The summed E-state index contributed by atoms with van der Waals surface area (Å²) < 4.78 is 2.73. The molecule has 1 heterocycles. The summed E-state index contributed by atoms with van der Waals surface area (Å²) in [6, 6.07) is 0. The van der Waals surface area contributed by atoms with Gasteiger partial charge in [0, 0.05) is 7.05 Å². The minimum absolute atomic E-state index is 0.217. The van der Waals surface area contributed by atoms with Crippen LogP contribution in [0.1, 0.15) is 24.2 Å². The number of halogens is 1. The van der Waals surface area contributed by atoms with E-state index in [0.717, 1.165) is 28.3 Å². The van der Waals surface area contributed by atoms with Gasteiger partial charge in [-0.2, -0.15) is 5.10 Å². The van der Waals surface area contributed by atoms with Crippen LogP contribution in [0.2, 0.25) is 0 Å². The molecule has 1 N–H and O–H groups in total. The third-order valence-corrected chi connectivity index (χ3v) is 4.11. The van der Waals surface area contributed by atoms with Crippen molar-refractivity contribution in [2.24, 2.45) is 13.0 Å². The van der Waals surface area contributed by atoms with Crippen LogP contribution in [0.5, 0.6) is 0 Å². The molecule has 5 heteroatoms. The van der Waals surface area contributed by atoms with E-state index >= 15 is 0 Å². The third kappa shape index (κ3) is 3.39. The number of aryl methyl sites for hydroxylation is 2. The smallest absolute Gasteiger partial charge is 0.152 e. The number of nitrogens with zero attached hydrogens (tertiary/aromatic N) is 2. The molecule has 1 saturated carbocycles. The highest BCUT2D eigenvalue weighted by Crippen LogP contribution is 2.27. The summed E-state index contributed by atoms with van der Waals surface area (Å²) in [5.41, 5.74) is 1.89. The van der Waals surface area contributed by atoms with Crippen LogP contribution in [0.3, 0.4) is 0 Å². The molecule has 0 aliphatic heterocycles. The molecule has 1 fully saturated rings. The van der Waals surface area contributed by atoms with Gasteiger partial charge in [0.2, 0.25) is 0 Å². The first-order chi connectivity index (χ1) is 8.08. The Hall–Kier alpha value is -0.680. The number of rotatable bonds is 6. The summed E-state index contributed by atoms with van der Waals surface area (Å²) in [4.78, 5) is 11.8. The van der Waals surface area contributed by atoms with Crippen molar-refractivity contribution in [2.45, 2.75) is 26.2 Å². The fourth-order valence-corrected chi connectivity index (χ4v) is 2.34. The molecule has 4 nitrogen and oxygen atoms in total. The zero-order valence-corrected chi connectivity index (χ0v) is 11.9. The summed E-state index contributed by atoms with van der Waals surface area (Å²) in [5.74, 6) is 1.03. The first kappa shape index (κ1) is 12.8. The number of carbonyl (C=O) groups excluding carboxylic acids is 1. The van der Waals surface area contributed by atoms with Crippen molar-refractivity contribution in [1.29, 1.82) is 0 Å². The molecule has 1 aliphatic rings. The molecule has 0 aromatic carbocycles. The van der Waals surface area contributed by atoms with Crippen molar-refractivity contribution in [3.63, 3.8) is 0 Å². The highest BCUT2D eigenvalue weighted by molar-refractivity contribution is 9.10. The second-order valence-corrected chi connectivity index (χ2v) is 5.55. The fraction of sp³-hybridized carbons (Fsp3) is 0.667. The van der Waals surface area contributed by atoms with Gasteiger partial charge in [0.05, 0.1) is 28.8 Å². The number of hydrogen-bond acceptors (Lipinski definition) is 3. The van der Waals surface area contributed by atoms with E-state index in [1.807, 2.05) is 14.0 Å². The van der Waals surface area contributed by atoms with Gasteiger partial charge in [-0.25, -0.2) is 0 Å². The largest absolute Gasteiger partial charge is 0.310 e. The number of Topliss-reactive ketones (excluding diaryl/α,β-unsaturated/α-hetero) is 1. The van der Waals surface area contributed by atoms with Crippen LogP contribution in [-0.2, 0) is 18.3 Å². The van der Waals surface area contributed by atoms with Gasteiger partial charge in [-0.15, -0.1) is 0 Å². The molecular weight excluding hydrogens is 282 g/mol. The van der Waals surface area contributed by atoms with E-state index in [4.69, 9.17) is 0 Å². The van der Waals surface area contributed by atoms with E-state index in [1.165, 1.54) is 12.8 Å². The summed E-state index contributed by atoms with van der Waals surface area (Å²) in [6.07, 6.45) is 3.07. The van der Waals surface area contributed by atoms with E-state index in [9.17, 15) is 4.79 Å². The first-order valence-corrected chi connectivity index (χ1v) is 6.77. The zero-order chi connectivity index (χ0) is 12.4. The van der Waals surface area contributed by atoms with E-state index in [2.05, 4.69) is 26.3 Å². The fourth-order valence-electron chi connectivity index (χ4n) is 1.86. The molecule has 0 saturated heterocycles. The lowest BCUT2D eigenvalue weighted by Crippen LogP contribution is -2.26. The molecule has 1 aromatic rings. The molecule has 0 amide bonds. The van der Waals surface area contributed by atoms with E-state index in [1.54, 1.807) is 4.68 Å². The highest BCUT2D eigenvalue weighted by Gasteiger charge is 2.21. The van der Waals surface area contributed by atoms with Crippen molar-refractivity contribution < 1.29 is 4.79 Å². The molecule has 1 aliphatic carbocycles. The quantitative estimate of drug-likeness (QED) is 0.868. The third-order valence-electron chi connectivity index (χ3n) is 3.08. The highest BCUT2D eigenvalue weighted by atomic mass is 79.9. The maximum Gasteiger partial charge on any atom is 0.152 e. The molecule has 0 radical (unpaired) electrons. The molecule has 0 spiro atoms. The number of hydrogen-bond donors (Lipinski definition) is 1. The Morgan fingerprint density at radius 1 is 1.59 bits per heavy atom. The zero-order valence-electron chi connectivity index (χ0n) is 10.3. The minimum Gasteiger partial charge on any atom is -0.310 e. The van der Waals surface area contributed by atoms with Gasteiger partial charge in [-0.3, -0.25) is 9.48 Å². The maximum atomic E-state index is 11.8. The standard InChI is InChI=1S/C12H18BrN3O/c1-8-12(13)11(16(2)15-8)5-10(17)7-14-6-9-3-4-9/h9,14H,3-7H2,1-2H3. The van der Waals surface area contributed by atoms with Gasteiger partial charge < -0.3 is 5.32 Å². The molecule has 1 aromatic heterocycles. The minimum atomic E-state index is 0.217. The van der Waals surface area contributed by atoms with Crippen LogP contribution in [0.15, 0.2) is 4.47 Å². The second kappa shape index (κ2) is 5.31. The van der Waals surface area contributed by atoms with Crippen molar-refractivity contribution in [3.05, 3.63) is 15.9 Å². The first-order valence-electron chi connectivity index (χ1n) is 5.98. The van der Waals surface area contributed by atoms with Gasteiger partial charge in [0.1, 0.15) is 0 Å². The number of nitrogens with one attached hydrogen (secondary N) is 1. The topological polar surface area (TPSA) is 46.9 Å². The number of carbonyl (C=O) groups is 1. The van der Waals surface area contributed by atoms with E-state index in [-0.39, 0.29) is 5.78 Å². The number of aromatic nitrogens is 2. The predicted octanol–water partition coefficient (Wildman–Crippen LogP) is 1.60. The average Bonchev–Trinajstić information content (AvgIpc) is 3.04. The van der Waals surface area contributed by atoms with Crippen LogP contribution in [0, 0.1) is 12.8 Å². The van der Waals surface area contributed by atoms with Crippen LogP contribution < -0.4 is 5.32 Å². The van der Waals surface area contributed by atoms with E-state index in [0.29, 0.717) is 13.0 Å². The Kier molecular flexibility index (Phi) is 3.99. The summed E-state index contributed by atoms with van der Waals surface area (Å²) in [7, 11) is 1.87. The van der Waals surface area contributed by atoms with Gasteiger partial charge in [0.25, 0.3) is 0 Å². The molecule has 0 unspecified atom stereocenters. The van der Waals surface area contributed by atoms with E-state index < -0.39 is 0 Å². The molecule has 94 valence electrons. The Labute approximate surface area is 110 Å². The number of ketones is 1. The maximum absolute atomic E-state index is 11.8. The van der Waals surface area contributed by atoms with Crippen LogP contribution in [0.25, 0.3) is 0 Å². The van der Waals surface area contributed by atoms with Gasteiger partial charge in [-0.05, 0) is 48.2 Å². The predicted molar refractivity (Wildman–Crippen MR) is 69.9 cm³/mol. The van der Waals surface area contributed by atoms with Crippen LogP contribution in [-0.4, -0.2) is 28.7 Å². The summed E-state index contributed by atoms with van der Waals surface area (Å²) in [6.45, 7) is 3.38. The van der Waals surface area contributed by atoms with Gasteiger partial charge >= 0.3 is 0 Å². The van der Waals surface area contributed by atoms with Gasteiger partial charge in [0.15, 0.2) is 5.78 Å². The molecule has 2 rings (SSSR count). The Balaban J connectivity index is 1.83. The summed E-state index contributed by atoms with van der Waals surface area (Å²) in [5, 5.41) is 7.50. The Bertz CT molecular complexity index is 424. The van der Waals surface area contributed by atoms with Crippen molar-refractivity contribution >= 4 is 21.7 Å². The average molecular weight is 300 g/mol. The van der Waals surface area contributed by atoms with Crippen LogP contribution in [0.4, 0.5) is 0 Å². The van der Waals surface area contributed by atoms with Gasteiger partial charge in [-0.1, -0.05) is 0 Å². The molecular formula is C12H18BrN3O. The summed E-state index contributed by atoms with van der Waals surface area (Å²) >= 11 is 3.47. The molecule has 17 heavy (non-hydrogen) atoms. The normalized spacial score (nSPS) is 15.2. The Morgan fingerprint density at radius 2 is 2.29 bits per heavy atom. The lowest BCUT2D eigenvalue weighted by Gasteiger charge is -2.04. The lowest BCUT2D eigenvalue weighted by molar-refractivity contribution is -0.117. The van der Waals surface area contributed by atoms with Crippen molar-refractivity contribution in [3.8, 4) is 0 Å². The van der Waals surface area contributed by atoms with Crippen molar-refractivity contribution in [1.82, 2.24) is 15.1 Å². The monoisotopic (exact) mass is 299 g/mol. The second-order valence-electron chi connectivity index (χ2n) is 4.76. The lowest BCUT2D eigenvalue weighted by atomic mass is 10.2. The van der Waals surface area contributed by atoms with Crippen LogP contribution >= 0.6 is 15.9 Å². The van der Waals surface area contributed by atoms with Crippen molar-refractivity contribution in [2.75, 3.05) is 13.1 Å².